The molecule has 2 heterocycles. The van der Waals surface area contributed by atoms with Gasteiger partial charge in [0.1, 0.15) is 0 Å². The van der Waals surface area contributed by atoms with Crippen molar-refractivity contribution in [1.29, 1.82) is 0 Å². The fourth-order valence-corrected chi connectivity index (χ4v) is 3.02. The molecule has 0 aliphatic rings. The molecule has 0 saturated heterocycles. The third-order valence-electron chi connectivity index (χ3n) is 3.39. The third-order valence-corrected chi connectivity index (χ3v) is 4.35. The van der Waals surface area contributed by atoms with E-state index in [1.807, 2.05) is 35.0 Å². The summed E-state index contributed by atoms with van der Waals surface area (Å²) < 4.78 is 2.00. The van der Waals surface area contributed by atoms with Gasteiger partial charge < -0.3 is 5.32 Å². The number of amides is 1. The minimum atomic E-state index is 0.0803. The number of thioether (sulfide) groups is 1. The summed E-state index contributed by atoms with van der Waals surface area (Å²) >= 11 is 1.47. The monoisotopic (exact) mass is 305 g/mol. The minimum Gasteiger partial charge on any atom is -0.353 e. The molecule has 0 aromatic carbocycles. The Hall–Kier alpha value is -1.49. The Morgan fingerprint density at radius 3 is 3.10 bits per heavy atom. The van der Waals surface area contributed by atoms with Crippen LogP contribution >= 0.6 is 11.8 Å². The predicted octanol–water partition coefficient (Wildman–Crippen LogP) is 3.51. The van der Waals surface area contributed by atoms with Gasteiger partial charge in [-0.05, 0) is 25.5 Å². The molecular weight excluding hydrogens is 282 g/mol. The molecule has 1 N–H and O–H groups in total. The van der Waals surface area contributed by atoms with E-state index in [4.69, 9.17) is 0 Å². The molecular formula is C16H23N3OS. The van der Waals surface area contributed by atoms with Gasteiger partial charge in [0.2, 0.25) is 5.91 Å². The van der Waals surface area contributed by atoms with Gasteiger partial charge >= 0.3 is 0 Å². The second kappa shape index (κ2) is 8.08. The number of aromatic nitrogens is 2. The predicted molar refractivity (Wildman–Crippen MR) is 87.7 cm³/mol. The number of pyridine rings is 1. The summed E-state index contributed by atoms with van der Waals surface area (Å²) in [5.74, 6) is 0.489. The van der Waals surface area contributed by atoms with Crippen LogP contribution in [0.15, 0.2) is 35.7 Å². The zero-order chi connectivity index (χ0) is 15.1. The maximum Gasteiger partial charge on any atom is 0.230 e. The number of hydrogen-bond donors (Lipinski definition) is 1. The molecule has 2 rings (SSSR count). The molecule has 114 valence electrons. The molecule has 1 atom stereocenters. The summed E-state index contributed by atoms with van der Waals surface area (Å²) in [6.45, 7) is 4.26. The van der Waals surface area contributed by atoms with E-state index in [0.29, 0.717) is 5.75 Å². The van der Waals surface area contributed by atoms with Crippen molar-refractivity contribution in [2.75, 3.05) is 5.75 Å². The van der Waals surface area contributed by atoms with Gasteiger partial charge in [-0.15, -0.1) is 0 Å². The number of carbonyl (C=O) groups excluding carboxylic acids is 1. The van der Waals surface area contributed by atoms with Crippen LogP contribution in [0.4, 0.5) is 0 Å². The van der Waals surface area contributed by atoms with Crippen molar-refractivity contribution in [2.45, 2.75) is 50.7 Å². The van der Waals surface area contributed by atoms with E-state index in [1.54, 1.807) is 0 Å². The quantitative estimate of drug-likeness (QED) is 0.599. The number of rotatable bonds is 8. The van der Waals surface area contributed by atoms with Gasteiger partial charge in [-0.25, -0.2) is 4.98 Å². The Morgan fingerprint density at radius 2 is 2.29 bits per heavy atom. The van der Waals surface area contributed by atoms with Gasteiger partial charge in [0.25, 0.3) is 0 Å². The molecule has 0 bridgehead atoms. The highest BCUT2D eigenvalue weighted by Crippen LogP contribution is 2.18. The first-order valence-electron chi connectivity index (χ1n) is 7.55. The molecule has 0 radical (unpaired) electrons. The zero-order valence-corrected chi connectivity index (χ0v) is 13.5. The highest BCUT2D eigenvalue weighted by Gasteiger charge is 2.10. The van der Waals surface area contributed by atoms with Crippen LogP contribution in [0.3, 0.4) is 0 Å². The standard InChI is InChI=1S/C16H23N3OS/c1-3-4-5-8-13(2)18-15(20)12-21-16-17-11-14-9-6-7-10-19(14)16/h6-7,9-11,13H,3-5,8,12H2,1-2H3,(H,18,20)/t13-/m0/s1. The van der Waals surface area contributed by atoms with Gasteiger partial charge in [-0.3, -0.25) is 9.20 Å². The van der Waals surface area contributed by atoms with Crippen molar-refractivity contribution in [2.24, 2.45) is 0 Å². The van der Waals surface area contributed by atoms with Crippen molar-refractivity contribution in [3.8, 4) is 0 Å². The molecule has 0 unspecified atom stereocenters. The van der Waals surface area contributed by atoms with Crippen LogP contribution in [0.1, 0.15) is 39.5 Å². The number of unbranched alkanes of at least 4 members (excludes halogenated alkanes) is 2. The van der Waals surface area contributed by atoms with Crippen LogP contribution in [0.5, 0.6) is 0 Å². The Kier molecular flexibility index (Phi) is 6.11. The van der Waals surface area contributed by atoms with Crippen molar-refractivity contribution in [3.05, 3.63) is 30.6 Å². The topological polar surface area (TPSA) is 46.4 Å². The first kappa shape index (κ1) is 15.9. The van der Waals surface area contributed by atoms with Gasteiger partial charge in [-0.2, -0.15) is 0 Å². The average molecular weight is 305 g/mol. The summed E-state index contributed by atoms with van der Waals surface area (Å²) in [4.78, 5) is 16.3. The molecule has 5 heteroatoms. The molecule has 2 aromatic heterocycles. The number of hydrogen-bond acceptors (Lipinski definition) is 3. The van der Waals surface area contributed by atoms with Crippen LogP contribution in [0.2, 0.25) is 0 Å². The van der Waals surface area contributed by atoms with Gasteiger partial charge in [-0.1, -0.05) is 44.0 Å². The lowest BCUT2D eigenvalue weighted by molar-refractivity contribution is -0.119. The molecule has 0 spiro atoms. The van der Waals surface area contributed by atoms with Gasteiger partial charge in [0.15, 0.2) is 5.16 Å². The van der Waals surface area contributed by atoms with Crippen LogP contribution in [0.25, 0.3) is 5.52 Å². The molecule has 0 saturated carbocycles. The summed E-state index contributed by atoms with van der Waals surface area (Å²) in [6, 6.07) is 6.21. The number of nitrogens with zero attached hydrogens (tertiary/aromatic N) is 2. The Bertz CT molecular complexity index is 582. The molecule has 4 nitrogen and oxygen atoms in total. The van der Waals surface area contributed by atoms with E-state index >= 15 is 0 Å². The second-order valence-electron chi connectivity index (χ2n) is 5.29. The maximum atomic E-state index is 11.9. The van der Waals surface area contributed by atoms with E-state index in [0.717, 1.165) is 17.1 Å². The first-order valence-corrected chi connectivity index (χ1v) is 8.53. The Balaban J connectivity index is 1.78. The Morgan fingerprint density at radius 1 is 1.43 bits per heavy atom. The number of nitrogens with one attached hydrogen (secondary N) is 1. The van der Waals surface area contributed by atoms with E-state index in [9.17, 15) is 4.79 Å². The van der Waals surface area contributed by atoms with Crippen LogP contribution < -0.4 is 5.32 Å². The molecule has 21 heavy (non-hydrogen) atoms. The highest BCUT2D eigenvalue weighted by atomic mass is 32.2. The largest absolute Gasteiger partial charge is 0.353 e. The molecule has 0 fully saturated rings. The first-order chi connectivity index (χ1) is 10.2. The lowest BCUT2D eigenvalue weighted by atomic mass is 10.1. The van der Waals surface area contributed by atoms with E-state index in [2.05, 4.69) is 24.1 Å². The average Bonchev–Trinajstić information content (AvgIpc) is 2.88. The zero-order valence-electron chi connectivity index (χ0n) is 12.7. The van der Waals surface area contributed by atoms with Crippen molar-refractivity contribution >= 4 is 23.2 Å². The van der Waals surface area contributed by atoms with Crippen molar-refractivity contribution in [1.82, 2.24) is 14.7 Å². The molecule has 0 aliphatic carbocycles. The SMILES string of the molecule is CCCCC[C@H](C)NC(=O)CSc1ncc2ccccn12. The van der Waals surface area contributed by atoms with E-state index < -0.39 is 0 Å². The summed E-state index contributed by atoms with van der Waals surface area (Å²) in [5, 5.41) is 3.91. The van der Waals surface area contributed by atoms with Gasteiger partial charge in [0, 0.05) is 12.2 Å². The van der Waals surface area contributed by atoms with Crippen LogP contribution in [0, 0.1) is 0 Å². The van der Waals surface area contributed by atoms with Crippen molar-refractivity contribution in [3.63, 3.8) is 0 Å². The van der Waals surface area contributed by atoms with E-state index in [-0.39, 0.29) is 11.9 Å². The lowest BCUT2D eigenvalue weighted by Crippen LogP contribution is -2.33. The van der Waals surface area contributed by atoms with E-state index in [1.165, 1.54) is 31.0 Å². The number of carbonyl (C=O) groups is 1. The fraction of sp³-hybridized carbons (Fsp3) is 0.500. The fourth-order valence-electron chi connectivity index (χ4n) is 2.25. The van der Waals surface area contributed by atoms with Crippen LogP contribution in [-0.2, 0) is 4.79 Å². The highest BCUT2D eigenvalue weighted by molar-refractivity contribution is 7.99. The minimum absolute atomic E-state index is 0.0803. The number of imidazole rings is 1. The third kappa shape index (κ3) is 4.77. The smallest absolute Gasteiger partial charge is 0.230 e. The van der Waals surface area contributed by atoms with Crippen LogP contribution in [-0.4, -0.2) is 27.1 Å². The van der Waals surface area contributed by atoms with Gasteiger partial charge in [0.05, 0.1) is 17.5 Å². The van der Waals surface area contributed by atoms with Crippen molar-refractivity contribution < 1.29 is 4.79 Å². The second-order valence-corrected chi connectivity index (χ2v) is 6.23. The lowest BCUT2D eigenvalue weighted by Gasteiger charge is -2.13. The summed E-state index contributed by atoms with van der Waals surface area (Å²) in [5.41, 5.74) is 1.05. The summed E-state index contributed by atoms with van der Waals surface area (Å²) in [7, 11) is 0. The summed E-state index contributed by atoms with van der Waals surface area (Å²) in [6.07, 6.45) is 8.47. The number of fused-ring (bicyclic) bond motifs is 1. The molecule has 1 amide bonds. The molecule has 2 aromatic rings. The maximum absolute atomic E-state index is 11.9. The molecule has 0 aliphatic heterocycles. The Labute approximate surface area is 130 Å². The normalized spacial score (nSPS) is 12.5.